The summed E-state index contributed by atoms with van der Waals surface area (Å²) in [5, 5.41) is 18.9. The first-order valence-electron chi connectivity index (χ1n) is 14.3. The number of aromatic nitrogens is 3. The summed E-state index contributed by atoms with van der Waals surface area (Å²) in [6.07, 6.45) is 5.21. The van der Waals surface area contributed by atoms with Gasteiger partial charge in [-0.15, -0.1) is 18.3 Å². The van der Waals surface area contributed by atoms with Gasteiger partial charge in [0.25, 0.3) is 0 Å². The number of aliphatic hydroxyl groups is 1. The van der Waals surface area contributed by atoms with E-state index in [2.05, 4.69) is 23.5 Å². The van der Waals surface area contributed by atoms with E-state index >= 15 is 0 Å². The van der Waals surface area contributed by atoms with Crippen molar-refractivity contribution in [3.63, 3.8) is 0 Å². The Labute approximate surface area is 239 Å². The van der Waals surface area contributed by atoms with E-state index in [-0.39, 0.29) is 44.2 Å². The predicted molar refractivity (Wildman–Crippen MR) is 150 cm³/mol. The molecule has 5 rings (SSSR count). The fraction of sp³-hybridized carbons (Fsp3) is 0.567. The number of hydrogen-bond donors (Lipinski definition) is 1. The third kappa shape index (κ3) is 4.84. The third-order valence-electron chi connectivity index (χ3n) is 8.74. The van der Waals surface area contributed by atoms with E-state index in [1.165, 1.54) is 4.90 Å². The van der Waals surface area contributed by atoms with Gasteiger partial charge < -0.3 is 24.4 Å². The fourth-order valence-electron chi connectivity index (χ4n) is 6.84. The number of likely N-dealkylation sites (tertiary alicyclic amines) is 1. The lowest BCUT2D eigenvalue weighted by Crippen LogP contribution is -2.59. The maximum atomic E-state index is 14.6. The van der Waals surface area contributed by atoms with Gasteiger partial charge in [0.2, 0.25) is 11.8 Å². The Bertz CT molecular complexity index is 1330. The minimum atomic E-state index is -1.20. The van der Waals surface area contributed by atoms with E-state index < -0.39 is 41.6 Å². The minimum absolute atomic E-state index is 0.0777. The van der Waals surface area contributed by atoms with Crippen LogP contribution in [0.5, 0.6) is 0 Å². The average Bonchev–Trinajstić information content (AvgIpc) is 3.71. The number of carbonyl (C=O) groups excluding carboxylic acids is 3. The number of rotatable bonds is 13. The van der Waals surface area contributed by atoms with Crippen LogP contribution in [0.4, 0.5) is 0 Å². The quantitative estimate of drug-likeness (QED) is 0.223. The van der Waals surface area contributed by atoms with Crippen molar-refractivity contribution in [3.8, 4) is 0 Å². The topological polar surface area (TPSA) is 127 Å². The molecular formula is C30H39N5O6. The second-order valence-corrected chi connectivity index (χ2v) is 11.5. The zero-order chi connectivity index (χ0) is 29.3. The number of allylic oxidation sites excluding steroid dienone is 1. The number of esters is 1. The summed E-state index contributed by atoms with van der Waals surface area (Å²) in [7, 11) is 0. The summed E-state index contributed by atoms with van der Waals surface area (Å²) in [5.41, 5.74) is 0.259. The van der Waals surface area contributed by atoms with Gasteiger partial charge in [-0.05, 0) is 43.7 Å². The van der Waals surface area contributed by atoms with Crippen LogP contribution in [-0.4, -0.2) is 91.2 Å². The highest BCUT2D eigenvalue weighted by Gasteiger charge is 2.75. The molecule has 11 heteroatoms. The van der Waals surface area contributed by atoms with Gasteiger partial charge in [0.15, 0.2) is 0 Å². The number of nitrogens with zero attached hydrogens (tertiary/aromatic N) is 5. The molecule has 41 heavy (non-hydrogen) atoms. The maximum absolute atomic E-state index is 14.6. The van der Waals surface area contributed by atoms with Crippen molar-refractivity contribution in [2.75, 3.05) is 19.8 Å². The molecule has 2 unspecified atom stereocenters. The highest BCUT2D eigenvalue weighted by atomic mass is 16.6. The molecule has 3 fully saturated rings. The molecule has 0 saturated carbocycles. The highest BCUT2D eigenvalue weighted by molar-refractivity contribution is 5.98. The Hall–Kier alpha value is -3.57. The van der Waals surface area contributed by atoms with Crippen LogP contribution >= 0.6 is 0 Å². The summed E-state index contributed by atoms with van der Waals surface area (Å²) in [6, 6.07) is 5.79. The standard InChI is InChI=1S/C30H39N5O6/c1-5-7-10-16-40-29(39)24-23-13-14-30(41-23)25(24)27(37)35(22(17-36)19(3)4)26(30)28(38)33(15-6-2)18-34-21-12-9-8-11-20(21)31-32-34/h5-6,8-9,11-12,19,22-26,36H,1-2,7,10,13-18H2,3-4H3/t22-,23+,24-,25-,26?,30?/m0/s1. The van der Waals surface area contributed by atoms with Gasteiger partial charge >= 0.3 is 5.97 Å². The lowest BCUT2D eigenvalue weighted by molar-refractivity contribution is -0.157. The number of amides is 2. The number of benzene rings is 1. The summed E-state index contributed by atoms with van der Waals surface area (Å²) in [5.74, 6) is -3.00. The molecule has 1 aromatic carbocycles. The Balaban J connectivity index is 1.51. The monoisotopic (exact) mass is 565 g/mol. The molecule has 0 aliphatic carbocycles. The molecule has 3 aliphatic rings. The van der Waals surface area contributed by atoms with Gasteiger partial charge in [-0.25, -0.2) is 4.68 Å². The first-order valence-corrected chi connectivity index (χ1v) is 14.3. The van der Waals surface area contributed by atoms with Crippen LogP contribution in [0.15, 0.2) is 49.6 Å². The van der Waals surface area contributed by atoms with E-state index in [4.69, 9.17) is 9.47 Å². The zero-order valence-corrected chi connectivity index (χ0v) is 23.7. The zero-order valence-electron chi connectivity index (χ0n) is 23.7. The van der Waals surface area contributed by atoms with Crippen molar-refractivity contribution in [3.05, 3.63) is 49.6 Å². The largest absolute Gasteiger partial charge is 0.465 e. The first-order chi connectivity index (χ1) is 19.8. The Kier molecular flexibility index (Phi) is 8.28. The Morgan fingerprint density at radius 1 is 1.29 bits per heavy atom. The van der Waals surface area contributed by atoms with E-state index in [9.17, 15) is 19.5 Å². The fourth-order valence-corrected chi connectivity index (χ4v) is 6.84. The van der Waals surface area contributed by atoms with Crippen LogP contribution in [0.3, 0.4) is 0 Å². The van der Waals surface area contributed by atoms with Crippen molar-refractivity contribution in [2.24, 2.45) is 17.8 Å². The lowest BCUT2D eigenvalue weighted by atomic mass is 9.70. The number of carbonyl (C=O) groups is 3. The maximum Gasteiger partial charge on any atom is 0.312 e. The molecule has 2 bridgehead atoms. The number of ether oxygens (including phenoxy) is 2. The van der Waals surface area contributed by atoms with Crippen LogP contribution in [0.25, 0.3) is 11.0 Å². The molecule has 0 radical (unpaired) electrons. The van der Waals surface area contributed by atoms with Crippen molar-refractivity contribution < 1.29 is 29.0 Å². The highest BCUT2D eigenvalue weighted by Crippen LogP contribution is 2.59. The van der Waals surface area contributed by atoms with Gasteiger partial charge in [-0.3, -0.25) is 14.4 Å². The number of unbranched alkanes of at least 4 members (excludes halogenated alkanes) is 1. The molecule has 2 aromatic rings. The number of hydrogen-bond acceptors (Lipinski definition) is 8. The number of fused-ring (bicyclic) bond motifs is 2. The van der Waals surface area contributed by atoms with E-state index in [1.807, 2.05) is 38.1 Å². The van der Waals surface area contributed by atoms with Gasteiger partial charge in [0.05, 0.1) is 42.7 Å². The second-order valence-electron chi connectivity index (χ2n) is 11.5. The molecule has 220 valence electrons. The molecule has 1 spiro atoms. The van der Waals surface area contributed by atoms with Crippen molar-refractivity contribution in [1.82, 2.24) is 24.8 Å². The van der Waals surface area contributed by atoms with E-state index in [0.29, 0.717) is 31.2 Å². The van der Waals surface area contributed by atoms with Crippen molar-refractivity contribution in [1.29, 1.82) is 0 Å². The molecular weight excluding hydrogens is 526 g/mol. The lowest BCUT2D eigenvalue weighted by Gasteiger charge is -2.40. The van der Waals surface area contributed by atoms with Crippen molar-refractivity contribution >= 4 is 28.8 Å². The third-order valence-corrected chi connectivity index (χ3v) is 8.74. The van der Waals surface area contributed by atoms with E-state index in [1.54, 1.807) is 21.7 Å². The normalized spacial score (nSPS) is 27.3. The summed E-state index contributed by atoms with van der Waals surface area (Å²) >= 11 is 0. The van der Waals surface area contributed by atoms with Crippen LogP contribution in [0.1, 0.15) is 39.5 Å². The summed E-state index contributed by atoms with van der Waals surface area (Å²) < 4.78 is 13.7. The van der Waals surface area contributed by atoms with Gasteiger partial charge in [0, 0.05) is 6.54 Å². The molecule has 6 atom stereocenters. The molecule has 2 amide bonds. The van der Waals surface area contributed by atoms with Gasteiger partial charge in [0.1, 0.15) is 23.8 Å². The molecule has 11 nitrogen and oxygen atoms in total. The van der Waals surface area contributed by atoms with Crippen LogP contribution in [0, 0.1) is 17.8 Å². The molecule has 4 heterocycles. The molecule has 1 N–H and O–H groups in total. The Morgan fingerprint density at radius 3 is 2.78 bits per heavy atom. The van der Waals surface area contributed by atoms with Gasteiger partial charge in [-0.1, -0.05) is 43.3 Å². The second kappa shape index (κ2) is 11.7. The summed E-state index contributed by atoms with van der Waals surface area (Å²) in [6.45, 7) is 11.5. The smallest absolute Gasteiger partial charge is 0.312 e. The number of para-hydroxylation sites is 1. The number of aliphatic hydroxyl groups excluding tert-OH is 1. The first kappa shape index (κ1) is 28.9. The summed E-state index contributed by atoms with van der Waals surface area (Å²) in [4.78, 5) is 45.2. The van der Waals surface area contributed by atoms with Crippen LogP contribution in [-0.2, 0) is 30.5 Å². The predicted octanol–water partition coefficient (Wildman–Crippen LogP) is 2.30. The minimum Gasteiger partial charge on any atom is -0.465 e. The van der Waals surface area contributed by atoms with E-state index in [0.717, 1.165) is 5.52 Å². The van der Waals surface area contributed by atoms with Crippen LogP contribution in [0.2, 0.25) is 0 Å². The average molecular weight is 566 g/mol. The van der Waals surface area contributed by atoms with Crippen molar-refractivity contribution in [2.45, 2.75) is 70.0 Å². The molecule has 3 saturated heterocycles. The molecule has 1 aromatic heterocycles. The van der Waals surface area contributed by atoms with Gasteiger partial charge in [-0.2, -0.15) is 0 Å². The Morgan fingerprint density at radius 2 is 2.07 bits per heavy atom. The molecule has 3 aliphatic heterocycles. The SMILES string of the molecule is C=CCCCOC(=O)[C@@H]1[C@H]2C(=O)N([C@@H](CO)C(C)C)C(C(=O)N(CC=C)Cn3nnc4ccccc43)C23CC[C@H]1O3. The van der Waals surface area contributed by atoms with Crippen LogP contribution < -0.4 is 0 Å².